The predicted octanol–water partition coefficient (Wildman–Crippen LogP) is 4.38. The van der Waals surface area contributed by atoms with Gasteiger partial charge in [0.1, 0.15) is 5.82 Å². The van der Waals surface area contributed by atoms with E-state index in [4.69, 9.17) is 0 Å². The van der Waals surface area contributed by atoms with Crippen LogP contribution in [0.5, 0.6) is 5.88 Å². The number of halogens is 1. The summed E-state index contributed by atoms with van der Waals surface area (Å²) >= 11 is 1.01. The SMILES string of the molecule is Cc1c(O)nc(SCC(=O)NC(c2ccccc2)c2ccccc2)n(-c2ccc(F)cc2)c1=O. The van der Waals surface area contributed by atoms with Crippen molar-refractivity contribution < 1.29 is 14.3 Å². The van der Waals surface area contributed by atoms with Crippen molar-refractivity contribution in [2.45, 2.75) is 18.1 Å². The number of thioether (sulfide) groups is 1. The number of carbonyl (C=O) groups is 1. The van der Waals surface area contributed by atoms with E-state index in [0.29, 0.717) is 5.69 Å². The molecule has 0 aliphatic heterocycles. The lowest BCUT2D eigenvalue weighted by molar-refractivity contribution is -0.119. The average Bonchev–Trinajstić information content (AvgIpc) is 2.86. The second-order valence-corrected chi connectivity index (χ2v) is 8.51. The highest BCUT2D eigenvalue weighted by molar-refractivity contribution is 7.99. The lowest BCUT2D eigenvalue weighted by Gasteiger charge is -2.20. The molecule has 8 heteroatoms. The van der Waals surface area contributed by atoms with Gasteiger partial charge in [0.25, 0.3) is 5.56 Å². The lowest BCUT2D eigenvalue weighted by atomic mass is 9.99. The van der Waals surface area contributed by atoms with Gasteiger partial charge in [0.05, 0.1) is 23.0 Å². The fraction of sp³-hybridized carbons (Fsp3) is 0.115. The number of amides is 1. The number of hydrogen-bond donors (Lipinski definition) is 2. The summed E-state index contributed by atoms with van der Waals surface area (Å²) in [4.78, 5) is 29.9. The van der Waals surface area contributed by atoms with E-state index in [1.165, 1.54) is 35.8 Å². The molecule has 0 atom stereocenters. The summed E-state index contributed by atoms with van der Waals surface area (Å²) in [5.41, 5.74) is 1.82. The molecule has 1 heterocycles. The molecular formula is C26H22FN3O3S. The largest absolute Gasteiger partial charge is 0.493 e. The second-order valence-electron chi connectivity index (χ2n) is 7.57. The van der Waals surface area contributed by atoms with Crippen molar-refractivity contribution in [1.29, 1.82) is 0 Å². The smallest absolute Gasteiger partial charge is 0.265 e. The highest BCUT2D eigenvalue weighted by Crippen LogP contribution is 2.24. The number of aromatic nitrogens is 2. The van der Waals surface area contributed by atoms with Gasteiger partial charge in [-0.05, 0) is 42.3 Å². The van der Waals surface area contributed by atoms with Crippen molar-refractivity contribution >= 4 is 17.7 Å². The molecule has 4 aromatic rings. The van der Waals surface area contributed by atoms with Gasteiger partial charge >= 0.3 is 0 Å². The van der Waals surface area contributed by atoms with Gasteiger partial charge in [-0.3, -0.25) is 14.2 Å². The molecule has 0 bridgehead atoms. The van der Waals surface area contributed by atoms with E-state index in [1.54, 1.807) is 0 Å². The summed E-state index contributed by atoms with van der Waals surface area (Å²) in [6, 6.07) is 24.2. The van der Waals surface area contributed by atoms with Gasteiger partial charge in [0.15, 0.2) is 5.16 Å². The fourth-order valence-corrected chi connectivity index (χ4v) is 4.28. The molecule has 1 aromatic heterocycles. The van der Waals surface area contributed by atoms with E-state index in [1.807, 2.05) is 60.7 Å². The molecule has 6 nitrogen and oxygen atoms in total. The maximum Gasteiger partial charge on any atom is 0.265 e. The number of aromatic hydroxyl groups is 1. The topological polar surface area (TPSA) is 84.2 Å². The van der Waals surface area contributed by atoms with Gasteiger partial charge in [0, 0.05) is 0 Å². The van der Waals surface area contributed by atoms with Crippen LogP contribution in [-0.2, 0) is 4.79 Å². The van der Waals surface area contributed by atoms with Crippen LogP contribution in [0.1, 0.15) is 22.7 Å². The minimum absolute atomic E-state index is 0.0493. The molecule has 4 rings (SSSR count). The molecule has 0 saturated carbocycles. The summed E-state index contributed by atoms with van der Waals surface area (Å²) in [6.07, 6.45) is 0. The molecule has 0 aliphatic carbocycles. The molecule has 0 radical (unpaired) electrons. The number of rotatable bonds is 7. The van der Waals surface area contributed by atoms with Crippen LogP contribution >= 0.6 is 11.8 Å². The molecule has 0 aliphatic rings. The Morgan fingerprint density at radius 2 is 1.56 bits per heavy atom. The Kier molecular flexibility index (Phi) is 7.08. The zero-order valence-electron chi connectivity index (χ0n) is 18.3. The monoisotopic (exact) mass is 475 g/mol. The number of nitrogens with one attached hydrogen (secondary N) is 1. The first kappa shape index (κ1) is 23.3. The third-order valence-electron chi connectivity index (χ3n) is 5.24. The van der Waals surface area contributed by atoms with Crippen LogP contribution < -0.4 is 10.9 Å². The minimum atomic E-state index is -0.492. The predicted molar refractivity (Wildman–Crippen MR) is 130 cm³/mol. The van der Waals surface area contributed by atoms with E-state index in [9.17, 15) is 19.1 Å². The summed E-state index contributed by atoms with van der Waals surface area (Å²) in [6.45, 7) is 1.45. The van der Waals surface area contributed by atoms with Crippen molar-refractivity contribution in [2.75, 3.05) is 5.75 Å². The van der Waals surface area contributed by atoms with Gasteiger partial charge in [-0.25, -0.2) is 4.39 Å². The van der Waals surface area contributed by atoms with E-state index < -0.39 is 17.3 Å². The number of hydrogen-bond acceptors (Lipinski definition) is 5. The molecule has 3 aromatic carbocycles. The molecule has 172 valence electrons. The van der Waals surface area contributed by atoms with Crippen LogP contribution in [0.25, 0.3) is 5.69 Å². The first-order valence-electron chi connectivity index (χ1n) is 10.5. The number of nitrogens with zero attached hydrogens (tertiary/aromatic N) is 2. The Morgan fingerprint density at radius 3 is 2.12 bits per heavy atom. The average molecular weight is 476 g/mol. The molecule has 34 heavy (non-hydrogen) atoms. The van der Waals surface area contributed by atoms with Crippen LogP contribution in [0.3, 0.4) is 0 Å². The zero-order chi connectivity index (χ0) is 24.1. The normalized spacial score (nSPS) is 10.9. The number of benzene rings is 3. The van der Waals surface area contributed by atoms with Crippen molar-refractivity contribution in [3.05, 3.63) is 118 Å². The number of carbonyl (C=O) groups excluding carboxylic acids is 1. The molecule has 0 spiro atoms. The molecular weight excluding hydrogens is 453 g/mol. The van der Waals surface area contributed by atoms with Gasteiger partial charge in [0.2, 0.25) is 11.8 Å². The Balaban J connectivity index is 1.59. The zero-order valence-corrected chi connectivity index (χ0v) is 19.1. The highest BCUT2D eigenvalue weighted by atomic mass is 32.2. The van der Waals surface area contributed by atoms with Crippen molar-refractivity contribution in [2.24, 2.45) is 0 Å². The Morgan fingerprint density at radius 1 is 1.00 bits per heavy atom. The van der Waals surface area contributed by atoms with Crippen LogP contribution in [0.15, 0.2) is 94.9 Å². The first-order chi connectivity index (χ1) is 16.4. The summed E-state index contributed by atoms with van der Waals surface area (Å²) in [5, 5.41) is 13.3. The van der Waals surface area contributed by atoms with Gasteiger partial charge in [-0.1, -0.05) is 72.4 Å². The summed E-state index contributed by atoms with van der Waals surface area (Å²) in [7, 11) is 0. The van der Waals surface area contributed by atoms with Crippen LogP contribution in [-0.4, -0.2) is 26.3 Å². The lowest BCUT2D eigenvalue weighted by Crippen LogP contribution is -2.31. The third-order valence-corrected chi connectivity index (χ3v) is 6.18. The Hall–Kier alpha value is -3.91. The van der Waals surface area contributed by atoms with Crippen LogP contribution in [0, 0.1) is 12.7 Å². The maximum absolute atomic E-state index is 13.4. The van der Waals surface area contributed by atoms with E-state index in [2.05, 4.69) is 10.3 Å². The third kappa shape index (κ3) is 5.18. The summed E-state index contributed by atoms with van der Waals surface area (Å²) in [5.74, 6) is -1.17. The van der Waals surface area contributed by atoms with E-state index >= 15 is 0 Å². The second kappa shape index (κ2) is 10.4. The molecule has 0 saturated heterocycles. The molecule has 2 N–H and O–H groups in total. The minimum Gasteiger partial charge on any atom is -0.493 e. The van der Waals surface area contributed by atoms with Crippen molar-refractivity contribution in [1.82, 2.24) is 14.9 Å². The quantitative estimate of drug-likeness (QED) is 0.306. The van der Waals surface area contributed by atoms with Gasteiger partial charge in [-0.15, -0.1) is 0 Å². The Labute approximate surface area is 200 Å². The van der Waals surface area contributed by atoms with Crippen molar-refractivity contribution in [3.63, 3.8) is 0 Å². The van der Waals surface area contributed by atoms with Crippen LogP contribution in [0.4, 0.5) is 4.39 Å². The molecule has 0 unspecified atom stereocenters. The summed E-state index contributed by atoms with van der Waals surface area (Å²) < 4.78 is 14.7. The van der Waals surface area contributed by atoms with Gasteiger partial charge < -0.3 is 10.4 Å². The standard InChI is InChI=1S/C26H22FN3O3S/c1-17-24(32)29-26(30(25(17)33)21-14-12-20(27)13-15-21)34-16-22(31)28-23(18-8-4-2-5-9-18)19-10-6-3-7-11-19/h2-15,23,32H,16H2,1H3,(H,28,31). The van der Waals surface area contributed by atoms with Gasteiger partial charge in [-0.2, -0.15) is 4.98 Å². The molecule has 0 fully saturated rings. The van der Waals surface area contributed by atoms with E-state index in [-0.39, 0.29) is 28.4 Å². The Bertz CT molecular complexity index is 1300. The molecule has 1 amide bonds. The van der Waals surface area contributed by atoms with E-state index in [0.717, 1.165) is 22.9 Å². The maximum atomic E-state index is 13.4. The first-order valence-corrected chi connectivity index (χ1v) is 11.5. The van der Waals surface area contributed by atoms with Crippen LogP contribution in [0.2, 0.25) is 0 Å². The van der Waals surface area contributed by atoms with Crippen molar-refractivity contribution in [3.8, 4) is 11.6 Å². The highest BCUT2D eigenvalue weighted by Gasteiger charge is 2.19. The fourth-order valence-electron chi connectivity index (χ4n) is 3.47.